The maximum atomic E-state index is 12.5. The largest absolute Gasteiger partial charge is 0.511 e. The van der Waals surface area contributed by atoms with E-state index in [1.54, 1.807) is 0 Å². The first-order chi connectivity index (χ1) is 13.2. The summed E-state index contributed by atoms with van der Waals surface area (Å²) >= 11 is 0. The van der Waals surface area contributed by atoms with Gasteiger partial charge in [0, 0.05) is 43.9 Å². The Bertz CT molecular complexity index is 845. The Morgan fingerprint density at radius 2 is 2.00 bits per heavy atom. The summed E-state index contributed by atoms with van der Waals surface area (Å²) in [6.45, 7) is 8.14. The van der Waals surface area contributed by atoms with Crippen molar-refractivity contribution in [2.75, 3.05) is 0 Å². The first-order valence-electron chi connectivity index (χ1n) is 10.2. The van der Waals surface area contributed by atoms with Gasteiger partial charge in [0.1, 0.15) is 11.5 Å². The van der Waals surface area contributed by atoms with Crippen molar-refractivity contribution in [1.29, 1.82) is 0 Å². The number of carbonyl (C=O) groups excluding carboxylic acids is 2. The Hall–Kier alpha value is -2.24. The molecule has 1 aromatic rings. The van der Waals surface area contributed by atoms with Crippen molar-refractivity contribution in [2.45, 2.75) is 85.1 Å². The van der Waals surface area contributed by atoms with E-state index in [0.717, 1.165) is 12.8 Å². The molecule has 1 fully saturated rings. The van der Waals surface area contributed by atoms with E-state index in [0.29, 0.717) is 60.4 Å². The Labute approximate surface area is 166 Å². The number of aromatic nitrogens is 1. The molecule has 1 heterocycles. The number of aliphatic hydroxyl groups excluding tert-OH is 1. The van der Waals surface area contributed by atoms with Crippen LogP contribution in [0, 0.1) is 5.41 Å². The van der Waals surface area contributed by atoms with Gasteiger partial charge in [0.15, 0.2) is 11.6 Å². The average Bonchev–Trinajstić information content (AvgIpc) is 3.01. The summed E-state index contributed by atoms with van der Waals surface area (Å²) in [5.74, 6) is 0.677. The molecule has 0 aromatic carbocycles. The van der Waals surface area contributed by atoms with E-state index in [1.165, 1.54) is 0 Å². The maximum Gasteiger partial charge on any atom is 0.168 e. The number of Topliss-reactive ketones (excluding diaryl/α,β-unsaturated/α-hetero) is 2. The van der Waals surface area contributed by atoms with Crippen LogP contribution in [-0.2, 0) is 17.6 Å². The van der Waals surface area contributed by atoms with Crippen molar-refractivity contribution in [3.8, 4) is 0 Å². The smallest absolute Gasteiger partial charge is 0.168 e. The highest BCUT2D eigenvalue weighted by Gasteiger charge is 2.36. The number of allylic oxidation sites excluding steroid dienone is 2. The molecule has 2 aliphatic rings. The summed E-state index contributed by atoms with van der Waals surface area (Å²) in [5.41, 5.74) is 2.10. The third-order valence-electron chi connectivity index (χ3n) is 5.63. The zero-order valence-electron chi connectivity index (χ0n) is 17.3. The van der Waals surface area contributed by atoms with Crippen molar-refractivity contribution in [3.05, 3.63) is 28.3 Å². The zero-order chi connectivity index (χ0) is 20.5. The van der Waals surface area contributed by atoms with Gasteiger partial charge in [-0.1, -0.05) is 25.9 Å². The number of ketones is 2. The van der Waals surface area contributed by atoms with Crippen LogP contribution in [0.25, 0.3) is 0 Å². The molecule has 1 saturated carbocycles. The van der Waals surface area contributed by atoms with Gasteiger partial charge in [-0.05, 0) is 31.6 Å². The molecule has 0 saturated heterocycles. The van der Waals surface area contributed by atoms with Crippen molar-refractivity contribution in [3.63, 3.8) is 0 Å². The lowest BCUT2D eigenvalue weighted by atomic mass is 9.76. The van der Waals surface area contributed by atoms with E-state index in [1.807, 2.05) is 20.8 Å². The number of fused-ring (bicyclic) bond motifs is 1. The number of aliphatic imine (C=N–C) groups is 1. The molecule has 152 valence electrons. The fourth-order valence-corrected chi connectivity index (χ4v) is 3.99. The molecule has 6 heteroatoms. The molecule has 6 nitrogen and oxygen atoms in total. The number of carbonyl (C=O) groups is 2. The predicted octanol–water partition coefficient (Wildman–Crippen LogP) is 4.57. The SMILES string of the molecule is CCC(C)N=C1CCCC(=O)C1=C(O)CCc1noc2c1C(=O)CC(C)(C)C2. The molecule has 0 radical (unpaired) electrons. The summed E-state index contributed by atoms with van der Waals surface area (Å²) < 4.78 is 5.42. The van der Waals surface area contributed by atoms with Crippen molar-refractivity contribution in [2.24, 2.45) is 10.4 Å². The van der Waals surface area contributed by atoms with E-state index < -0.39 is 0 Å². The van der Waals surface area contributed by atoms with Gasteiger partial charge < -0.3 is 9.63 Å². The molecule has 1 N–H and O–H groups in total. The highest BCUT2D eigenvalue weighted by Crippen LogP contribution is 2.36. The average molecular weight is 386 g/mol. The topological polar surface area (TPSA) is 92.8 Å². The van der Waals surface area contributed by atoms with Gasteiger partial charge in [-0.3, -0.25) is 14.6 Å². The van der Waals surface area contributed by atoms with Crippen LogP contribution in [0.2, 0.25) is 0 Å². The van der Waals surface area contributed by atoms with Crippen LogP contribution in [0.4, 0.5) is 0 Å². The molecule has 1 unspecified atom stereocenters. The minimum Gasteiger partial charge on any atom is -0.511 e. The number of aliphatic hydroxyl groups is 1. The highest BCUT2D eigenvalue weighted by atomic mass is 16.5. The van der Waals surface area contributed by atoms with E-state index in [4.69, 9.17) is 4.52 Å². The minimum atomic E-state index is -0.124. The number of aryl methyl sites for hydroxylation is 1. The Morgan fingerprint density at radius 1 is 1.25 bits per heavy atom. The Balaban J connectivity index is 1.82. The van der Waals surface area contributed by atoms with Crippen LogP contribution in [0.15, 0.2) is 20.8 Å². The maximum absolute atomic E-state index is 12.5. The van der Waals surface area contributed by atoms with E-state index in [2.05, 4.69) is 17.1 Å². The predicted molar refractivity (Wildman–Crippen MR) is 107 cm³/mol. The van der Waals surface area contributed by atoms with Gasteiger partial charge >= 0.3 is 0 Å². The quantitative estimate of drug-likeness (QED) is 0.591. The first-order valence-corrected chi connectivity index (χ1v) is 10.2. The lowest BCUT2D eigenvalue weighted by molar-refractivity contribution is -0.115. The fourth-order valence-electron chi connectivity index (χ4n) is 3.99. The Morgan fingerprint density at radius 3 is 2.71 bits per heavy atom. The molecule has 0 amide bonds. The van der Waals surface area contributed by atoms with E-state index in [9.17, 15) is 14.7 Å². The minimum absolute atomic E-state index is 0.0439. The van der Waals surface area contributed by atoms with Crippen molar-refractivity contribution in [1.82, 2.24) is 5.16 Å². The summed E-state index contributed by atoms with van der Waals surface area (Å²) in [5, 5.41) is 14.8. The van der Waals surface area contributed by atoms with Crippen LogP contribution in [0.3, 0.4) is 0 Å². The number of nitrogens with zero attached hydrogens (tertiary/aromatic N) is 2. The van der Waals surface area contributed by atoms with Gasteiger partial charge in [0.05, 0.1) is 16.8 Å². The van der Waals surface area contributed by atoms with Crippen LogP contribution in [0.1, 0.15) is 88.0 Å². The fraction of sp³-hybridized carbons (Fsp3) is 0.636. The third-order valence-corrected chi connectivity index (χ3v) is 5.63. The molecule has 2 aliphatic carbocycles. The lowest BCUT2D eigenvalue weighted by Gasteiger charge is -2.26. The van der Waals surface area contributed by atoms with Crippen molar-refractivity contribution < 1.29 is 19.2 Å². The summed E-state index contributed by atoms with van der Waals surface area (Å²) in [4.78, 5) is 29.6. The van der Waals surface area contributed by atoms with Gasteiger partial charge in [-0.2, -0.15) is 0 Å². The van der Waals surface area contributed by atoms with Crippen molar-refractivity contribution >= 4 is 17.3 Å². The van der Waals surface area contributed by atoms with Gasteiger partial charge in [-0.15, -0.1) is 0 Å². The molecule has 28 heavy (non-hydrogen) atoms. The van der Waals surface area contributed by atoms with Crippen LogP contribution < -0.4 is 0 Å². The molecule has 0 spiro atoms. The molecule has 1 aromatic heterocycles. The summed E-state index contributed by atoms with van der Waals surface area (Å²) in [6, 6.07) is 0.118. The molecular weight excluding hydrogens is 356 g/mol. The number of hydrogen-bond acceptors (Lipinski definition) is 6. The molecule has 0 aliphatic heterocycles. The molecule has 1 atom stereocenters. The first kappa shape index (κ1) is 20.5. The van der Waals surface area contributed by atoms with E-state index >= 15 is 0 Å². The zero-order valence-corrected chi connectivity index (χ0v) is 17.3. The van der Waals surface area contributed by atoms with Crippen LogP contribution in [0.5, 0.6) is 0 Å². The monoisotopic (exact) mass is 386 g/mol. The summed E-state index contributed by atoms with van der Waals surface area (Å²) in [6.07, 6.45) is 4.56. The van der Waals surface area contributed by atoms with E-state index in [-0.39, 0.29) is 35.2 Å². The molecule has 3 rings (SSSR count). The normalized spacial score (nSPS) is 23.6. The van der Waals surface area contributed by atoms with Gasteiger partial charge in [-0.25, -0.2) is 0 Å². The Kier molecular flexibility index (Phi) is 5.87. The van der Waals surface area contributed by atoms with Gasteiger partial charge in [0.2, 0.25) is 0 Å². The molecule has 0 bridgehead atoms. The lowest BCUT2D eigenvalue weighted by Crippen LogP contribution is -2.26. The van der Waals surface area contributed by atoms with Crippen LogP contribution >= 0.6 is 0 Å². The number of rotatable bonds is 5. The van der Waals surface area contributed by atoms with Gasteiger partial charge in [0.25, 0.3) is 0 Å². The second-order valence-corrected chi connectivity index (χ2v) is 8.80. The second-order valence-electron chi connectivity index (χ2n) is 8.80. The highest BCUT2D eigenvalue weighted by molar-refractivity contribution is 6.24. The number of hydrogen-bond donors (Lipinski definition) is 1. The second kappa shape index (κ2) is 8.02. The molecular formula is C22H30N2O4. The van der Waals surface area contributed by atoms with Crippen LogP contribution in [-0.4, -0.2) is 33.6 Å². The standard InChI is InChI=1S/C22H30N2O4/c1-5-13(2)23-14-7-6-8-16(25)20(14)17(26)10-9-15-21-18(27)11-22(3,4)12-19(21)28-24-15/h13,26H,5-12H2,1-4H3. The third kappa shape index (κ3) is 4.26. The summed E-state index contributed by atoms with van der Waals surface area (Å²) in [7, 11) is 0.